The van der Waals surface area contributed by atoms with E-state index in [9.17, 15) is 4.39 Å². The van der Waals surface area contributed by atoms with E-state index >= 15 is 0 Å². The molecule has 0 aliphatic carbocycles. The molecular weight excluding hydrogens is 277 g/mol. The van der Waals surface area contributed by atoms with E-state index in [0.717, 1.165) is 11.0 Å². The second kappa shape index (κ2) is 5.05. The van der Waals surface area contributed by atoms with Crippen molar-refractivity contribution in [1.82, 2.24) is 14.5 Å². The van der Waals surface area contributed by atoms with Gasteiger partial charge in [-0.3, -0.25) is 9.55 Å². The molecule has 0 fully saturated rings. The first-order chi connectivity index (χ1) is 9.70. The molecule has 0 aliphatic heterocycles. The third-order valence-electron chi connectivity index (χ3n) is 2.96. The molecule has 6 heteroatoms. The molecule has 2 aromatic heterocycles. The first-order valence-corrected chi connectivity index (χ1v) is 6.59. The van der Waals surface area contributed by atoms with Crippen LogP contribution >= 0.6 is 12.2 Å². The number of hydrogen-bond donors (Lipinski definition) is 1. The summed E-state index contributed by atoms with van der Waals surface area (Å²) < 4.78 is 21.4. The number of hydrogen-bond acceptors (Lipinski definition) is 3. The number of pyridine rings is 1. The van der Waals surface area contributed by atoms with Gasteiger partial charge in [0, 0.05) is 12.3 Å². The number of rotatable bonds is 3. The monoisotopic (exact) mass is 289 g/mol. The van der Waals surface area contributed by atoms with E-state index in [4.69, 9.17) is 17.0 Å². The maximum atomic E-state index is 14.0. The van der Waals surface area contributed by atoms with Gasteiger partial charge in [0.15, 0.2) is 16.3 Å². The summed E-state index contributed by atoms with van der Waals surface area (Å²) >= 11 is 5.29. The Bertz CT molecular complexity index is 825. The summed E-state index contributed by atoms with van der Waals surface area (Å²) in [5.41, 5.74) is 2.31. The zero-order valence-corrected chi connectivity index (χ0v) is 11.6. The molecule has 0 saturated carbocycles. The number of halogens is 1. The number of fused-ring (bicyclic) bond motifs is 1. The van der Waals surface area contributed by atoms with Gasteiger partial charge in [-0.25, -0.2) is 4.39 Å². The lowest BCUT2D eigenvalue weighted by Gasteiger charge is -2.08. The molecule has 0 aliphatic rings. The number of ether oxygens (including phenoxy) is 1. The van der Waals surface area contributed by atoms with Crippen molar-refractivity contribution < 1.29 is 9.13 Å². The summed E-state index contributed by atoms with van der Waals surface area (Å²) in [6.45, 7) is 2.24. The van der Waals surface area contributed by atoms with Crippen molar-refractivity contribution in [3.8, 4) is 11.4 Å². The molecule has 4 nitrogen and oxygen atoms in total. The molecule has 0 saturated heterocycles. The van der Waals surface area contributed by atoms with Crippen LogP contribution < -0.4 is 4.74 Å². The Morgan fingerprint density at radius 1 is 1.40 bits per heavy atom. The fourth-order valence-electron chi connectivity index (χ4n) is 2.12. The molecule has 0 atom stereocenters. The van der Waals surface area contributed by atoms with E-state index in [-0.39, 0.29) is 5.75 Å². The summed E-state index contributed by atoms with van der Waals surface area (Å²) in [4.78, 5) is 7.08. The van der Waals surface area contributed by atoms with Gasteiger partial charge < -0.3 is 9.72 Å². The number of aromatic amines is 1. The van der Waals surface area contributed by atoms with Crippen LogP contribution in [0.1, 0.15) is 6.92 Å². The highest BCUT2D eigenvalue weighted by molar-refractivity contribution is 7.71. The first-order valence-electron chi connectivity index (χ1n) is 6.18. The zero-order valence-electron chi connectivity index (χ0n) is 10.8. The van der Waals surface area contributed by atoms with Crippen molar-refractivity contribution in [1.29, 1.82) is 0 Å². The summed E-state index contributed by atoms with van der Waals surface area (Å²) in [6, 6.07) is 6.62. The maximum Gasteiger partial charge on any atom is 0.182 e. The van der Waals surface area contributed by atoms with Crippen LogP contribution in [-0.4, -0.2) is 21.1 Å². The Hall–Kier alpha value is -2.21. The lowest BCUT2D eigenvalue weighted by atomic mass is 10.2. The highest BCUT2D eigenvalue weighted by Gasteiger charge is 2.09. The minimum atomic E-state index is -0.408. The van der Waals surface area contributed by atoms with Crippen molar-refractivity contribution in [3.05, 3.63) is 47.2 Å². The molecular formula is C14H12FN3OS. The van der Waals surface area contributed by atoms with Crippen molar-refractivity contribution in [2.45, 2.75) is 6.92 Å². The van der Waals surface area contributed by atoms with Crippen LogP contribution in [0.25, 0.3) is 16.7 Å². The van der Waals surface area contributed by atoms with Crippen LogP contribution in [-0.2, 0) is 0 Å². The molecule has 1 aromatic carbocycles. The van der Waals surface area contributed by atoms with E-state index in [1.807, 2.05) is 13.0 Å². The van der Waals surface area contributed by atoms with Gasteiger partial charge >= 0.3 is 0 Å². The molecule has 0 unspecified atom stereocenters. The lowest BCUT2D eigenvalue weighted by molar-refractivity contribution is 0.321. The number of aromatic nitrogens is 3. The van der Waals surface area contributed by atoms with E-state index in [1.165, 1.54) is 6.07 Å². The van der Waals surface area contributed by atoms with Crippen LogP contribution in [0.5, 0.6) is 5.75 Å². The first kappa shape index (κ1) is 12.8. The van der Waals surface area contributed by atoms with Crippen molar-refractivity contribution in [2.24, 2.45) is 0 Å². The Morgan fingerprint density at radius 3 is 3.00 bits per heavy atom. The van der Waals surface area contributed by atoms with Crippen LogP contribution in [0.15, 0.2) is 36.7 Å². The van der Waals surface area contributed by atoms with Gasteiger partial charge in [0.25, 0.3) is 0 Å². The SMILES string of the molecule is CCOc1ccc(-n2c(=S)[nH]c3cnccc32)cc1F. The van der Waals surface area contributed by atoms with Crippen molar-refractivity contribution >= 4 is 23.3 Å². The fourth-order valence-corrected chi connectivity index (χ4v) is 2.43. The molecule has 3 rings (SSSR count). The van der Waals surface area contributed by atoms with E-state index in [0.29, 0.717) is 17.1 Å². The number of imidazole rings is 1. The van der Waals surface area contributed by atoms with Gasteiger partial charge in [0.05, 0.1) is 29.5 Å². The van der Waals surface area contributed by atoms with Crippen molar-refractivity contribution in [2.75, 3.05) is 6.61 Å². The molecule has 102 valence electrons. The number of benzene rings is 1. The molecule has 0 amide bonds. The molecule has 0 bridgehead atoms. The van der Waals surface area contributed by atoms with Gasteiger partial charge in [-0.05, 0) is 37.3 Å². The van der Waals surface area contributed by atoms with Gasteiger partial charge in [-0.1, -0.05) is 0 Å². The number of nitrogens with zero attached hydrogens (tertiary/aromatic N) is 2. The summed E-state index contributed by atoms with van der Waals surface area (Å²) in [7, 11) is 0. The Morgan fingerprint density at radius 2 is 2.25 bits per heavy atom. The Kier molecular flexibility index (Phi) is 3.23. The second-order valence-electron chi connectivity index (χ2n) is 4.21. The van der Waals surface area contributed by atoms with Crippen LogP contribution in [0.3, 0.4) is 0 Å². The normalized spacial score (nSPS) is 10.9. The third kappa shape index (κ3) is 2.08. The topological polar surface area (TPSA) is 42.8 Å². The smallest absolute Gasteiger partial charge is 0.182 e. The average molecular weight is 289 g/mol. The van der Waals surface area contributed by atoms with Gasteiger partial charge in [0.2, 0.25) is 0 Å². The molecule has 1 N–H and O–H groups in total. The van der Waals surface area contributed by atoms with Gasteiger partial charge in [-0.15, -0.1) is 0 Å². The second-order valence-corrected chi connectivity index (χ2v) is 4.59. The molecule has 0 radical (unpaired) electrons. The highest BCUT2D eigenvalue weighted by Crippen LogP contribution is 2.24. The van der Waals surface area contributed by atoms with Crippen LogP contribution in [0, 0.1) is 10.6 Å². The van der Waals surface area contributed by atoms with E-state index in [1.54, 1.807) is 29.1 Å². The Balaban J connectivity index is 2.18. The number of nitrogens with one attached hydrogen (secondary N) is 1. The summed E-state index contributed by atoms with van der Waals surface area (Å²) in [5.74, 6) is -0.168. The van der Waals surface area contributed by atoms with Crippen LogP contribution in [0.4, 0.5) is 4.39 Å². The largest absolute Gasteiger partial charge is 0.491 e. The zero-order chi connectivity index (χ0) is 14.1. The number of H-pyrrole nitrogens is 1. The van der Waals surface area contributed by atoms with Crippen LogP contribution in [0.2, 0.25) is 0 Å². The standard InChI is InChI=1S/C14H12FN3OS/c1-2-19-13-4-3-9(7-10(13)15)18-12-5-6-16-8-11(12)17-14(18)20/h3-8H,2H2,1H3,(H,17,20). The third-order valence-corrected chi connectivity index (χ3v) is 3.24. The maximum absolute atomic E-state index is 14.0. The summed E-state index contributed by atoms with van der Waals surface area (Å²) in [6.07, 6.45) is 3.36. The predicted octanol–water partition coefficient (Wildman–Crippen LogP) is 3.62. The molecule has 3 aromatic rings. The van der Waals surface area contributed by atoms with Gasteiger partial charge in [-0.2, -0.15) is 0 Å². The molecule has 20 heavy (non-hydrogen) atoms. The minimum absolute atomic E-state index is 0.240. The average Bonchev–Trinajstić information content (AvgIpc) is 2.77. The quantitative estimate of drug-likeness (QED) is 0.749. The molecule has 0 spiro atoms. The van der Waals surface area contributed by atoms with Crippen molar-refractivity contribution in [3.63, 3.8) is 0 Å². The lowest BCUT2D eigenvalue weighted by Crippen LogP contribution is -1.98. The van der Waals surface area contributed by atoms with E-state index in [2.05, 4.69) is 9.97 Å². The van der Waals surface area contributed by atoms with Gasteiger partial charge in [0.1, 0.15) is 0 Å². The minimum Gasteiger partial charge on any atom is -0.491 e. The fraction of sp³-hybridized carbons (Fsp3) is 0.143. The summed E-state index contributed by atoms with van der Waals surface area (Å²) in [5, 5.41) is 0. The molecule has 2 heterocycles. The van der Waals surface area contributed by atoms with E-state index < -0.39 is 5.82 Å². The predicted molar refractivity (Wildman–Crippen MR) is 77.4 cm³/mol. The Labute approximate surface area is 119 Å². The highest BCUT2D eigenvalue weighted by atomic mass is 32.1.